The third kappa shape index (κ3) is 5.79. The zero-order valence-electron chi connectivity index (χ0n) is 17.6. The molecule has 3 rings (SSSR count). The van der Waals surface area contributed by atoms with Gasteiger partial charge in [0.05, 0.1) is 19.9 Å². The summed E-state index contributed by atoms with van der Waals surface area (Å²) in [7, 11) is 5.24. The van der Waals surface area contributed by atoms with E-state index < -0.39 is 0 Å². The first-order valence-corrected chi connectivity index (χ1v) is 10.2. The van der Waals surface area contributed by atoms with E-state index in [2.05, 4.69) is 44.8 Å². The van der Waals surface area contributed by atoms with Crippen molar-refractivity contribution in [3.8, 4) is 11.5 Å². The average molecular weight is 397 g/mol. The molecular weight excluding hydrogens is 364 g/mol. The molecule has 1 fully saturated rings. The van der Waals surface area contributed by atoms with Crippen LogP contribution in [0.1, 0.15) is 12.0 Å². The van der Waals surface area contributed by atoms with Gasteiger partial charge in [-0.1, -0.05) is 24.3 Å². The van der Waals surface area contributed by atoms with Crippen LogP contribution in [0, 0.1) is 5.92 Å². The fourth-order valence-corrected chi connectivity index (χ4v) is 3.69. The van der Waals surface area contributed by atoms with Crippen LogP contribution in [0.15, 0.2) is 53.5 Å². The van der Waals surface area contributed by atoms with Crippen LogP contribution < -0.4 is 25.0 Å². The van der Waals surface area contributed by atoms with Gasteiger partial charge in [0.25, 0.3) is 0 Å². The molecule has 1 unspecified atom stereocenters. The Labute approximate surface area is 173 Å². The first-order valence-electron chi connectivity index (χ1n) is 10.2. The van der Waals surface area contributed by atoms with Crippen molar-refractivity contribution < 1.29 is 9.47 Å². The summed E-state index contributed by atoms with van der Waals surface area (Å²) in [6.45, 7) is 3.82. The molecule has 6 heteroatoms. The maximum Gasteiger partial charge on any atom is 0.190 e. The Morgan fingerprint density at radius 3 is 2.59 bits per heavy atom. The molecule has 2 aromatic rings. The van der Waals surface area contributed by atoms with Crippen LogP contribution in [-0.2, 0) is 6.42 Å². The number of aliphatic imine (C=N–C) groups is 1. The Hall–Kier alpha value is -2.89. The van der Waals surface area contributed by atoms with Crippen molar-refractivity contribution in [2.24, 2.45) is 10.9 Å². The monoisotopic (exact) mass is 396 g/mol. The van der Waals surface area contributed by atoms with E-state index in [0.29, 0.717) is 5.92 Å². The van der Waals surface area contributed by atoms with E-state index in [4.69, 9.17) is 9.47 Å². The normalized spacial score (nSPS) is 16.6. The summed E-state index contributed by atoms with van der Waals surface area (Å²) >= 11 is 0. The van der Waals surface area contributed by atoms with E-state index in [1.807, 2.05) is 31.3 Å². The van der Waals surface area contributed by atoms with Crippen LogP contribution in [0.5, 0.6) is 11.5 Å². The third-order valence-electron chi connectivity index (χ3n) is 5.36. The molecule has 0 saturated carbocycles. The summed E-state index contributed by atoms with van der Waals surface area (Å²) in [4.78, 5) is 6.76. The minimum absolute atomic E-state index is 0.583. The van der Waals surface area contributed by atoms with E-state index in [-0.39, 0.29) is 0 Å². The first-order chi connectivity index (χ1) is 14.2. The predicted octanol–water partition coefficient (Wildman–Crippen LogP) is 2.94. The molecule has 1 heterocycles. The van der Waals surface area contributed by atoms with Gasteiger partial charge in [0.1, 0.15) is 11.5 Å². The lowest BCUT2D eigenvalue weighted by Gasteiger charge is -2.21. The standard InChI is InChI=1S/C23H32N4O2/c1-24-23(25-14-12-18-8-10-20(28-2)11-9-18)26-16-19-13-15-27(17-19)21-6-4-5-7-22(21)29-3/h4-11,19H,12-17H2,1-3H3,(H2,24,25,26). The van der Waals surface area contributed by atoms with Gasteiger partial charge in [-0.15, -0.1) is 0 Å². The summed E-state index contributed by atoms with van der Waals surface area (Å²) in [5.41, 5.74) is 2.46. The van der Waals surface area contributed by atoms with Gasteiger partial charge < -0.3 is 25.0 Å². The van der Waals surface area contributed by atoms with Crippen LogP contribution in [0.25, 0.3) is 0 Å². The number of ether oxygens (including phenoxy) is 2. The predicted molar refractivity (Wildman–Crippen MR) is 119 cm³/mol. The van der Waals surface area contributed by atoms with Crippen LogP contribution in [0.2, 0.25) is 0 Å². The van der Waals surface area contributed by atoms with Gasteiger partial charge in [-0.2, -0.15) is 0 Å². The zero-order valence-corrected chi connectivity index (χ0v) is 17.6. The molecule has 29 heavy (non-hydrogen) atoms. The van der Waals surface area contributed by atoms with Crippen molar-refractivity contribution in [2.75, 3.05) is 52.3 Å². The molecule has 0 aromatic heterocycles. The summed E-state index contributed by atoms with van der Waals surface area (Å²) in [5, 5.41) is 6.88. The smallest absolute Gasteiger partial charge is 0.190 e. The number of nitrogens with one attached hydrogen (secondary N) is 2. The number of hydrogen-bond acceptors (Lipinski definition) is 4. The molecule has 0 aliphatic carbocycles. The minimum atomic E-state index is 0.583. The number of rotatable bonds is 8. The number of nitrogens with zero attached hydrogens (tertiary/aromatic N) is 2. The lowest BCUT2D eigenvalue weighted by Crippen LogP contribution is -2.41. The maximum absolute atomic E-state index is 5.51. The number of guanidine groups is 1. The minimum Gasteiger partial charge on any atom is -0.497 e. The highest BCUT2D eigenvalue weighted by Crippen LogP contribution is 2.31. The Morgan fingerprint density at radius 1 is 1.07 bits per heavy atom. The Kier molecular flexibility index (Phi) is 7.61. The quantitative estimate of drug-likeness (QED) is 0.531. The van der Waals surface area contributed by atoms with E-state index in [0.717, 1.165) is 56.5 Å². The van der Waals surface area contributed by atoms with Gasteiger partial charge in [-0.25, -0.2) is 0 Å². The number of hydrogen-bond donors (Lipinski definition) is 2. The molecule has 2 aromatic carbocycles. The second kappa shape index (κ2) is 10.6. The van der Waals surface area contributed by atoms with Crippen molar-refractivity contribution in [1.29, 1.82) is 0 Å². The van der Waals surface area contributed by atoms with Crippen molar-refractivity contribution in [3.63, 3.8) is 0 Å². The summed E-state index contributed by atoms with van der Waals surface area (Å²) < 4.78 is 10.7. The Bertz CT molecular complexity index is 792. The van der Waals surface area contributed by atoms with Crippen molar-refractivity contribution in [1.82, 2.24) is 10.6 Å². The highest BCUT2D eigenvalue weighted by atomic mass is 16.5. The third-order valence-corrected chi connectivity index (χ3v) is 5.36. The summed E-state index contributed by atoms with van der Waals surface area (Å²) in [6, 6.07) is 16.4. The van der Waals surface area contributed by atoms with Crippen LogP contribution in [-0.4, -0.2) is 53.4 Å². The van der Waals surface area contributed by atoms with Crippen molar-refractivity contribution in [2.45, 2.75) is 12.8 Å². The Morgan fingerprint density at radius 2 is 1.86 bits per heavy atom. The molecular formula is C23H32N4O2. The molecule has 0 bridgehead atoms. The molecule has 6 nitrogen and oxygen atoms in total. The second-order valence-electron chi connectivity index (χ2n) is 7.25. The molecule has 2 N–H and O–H groups in total. The lowest BCUT2D eigenvalue weighted by atomic mass is 10.1. The maximum atomic E-state index is 5.51. The van der Waals surface area contributed by atoms with E-state index >= 15 is 0 Å². The SMILES string of the molecule is CN=C(NCCc1ccc(OC)cc1)NCC1CCN(c2ccccc2OC)C1. The molecule has 1 atom stereocenters. The van der Waals surface area contributed by atoms with Crippen molar-refractivity contribution in [3.05, 3.63) is 54.1 Å². The number of anilines is 1. The van der Waals surface area contributed by atoms with Gasteiger partial charge in [-0.3, -0.25) is 4.99 Å². The van der Waals surface area contributed by atoms with Gasteiger partial charge in [0, 0.05) is 33.2 Å². The Balaban J connectivity index is 1.41. The highest BCUT2D eigenvalue weighted by Gasteiger charge is 2.24. The lowest BCUT2D eigenvalue weighted by molar-refractivity contribution is 0.414. The van der Waals surface area contributed by atoms with E-state index in [1.54, 1.807) is 14.2 Å². The fourth-order valence-electron chi connectivity index (χ4n) is 3.69. The van der Waals surface area contributed by atoms with Crippen LogP contribution in [0.3, 0.4) is 0 Å². The second-order valence-corrected chi connectivity index (χ2v) is 7.25. The summed E-state index contributed by atoms with van der Waals surface area (Å²) in [6.07, 6.45) is 2.10. The summed E-state index contributed by atoms with van der Waals surface area (Å²) in [5.74, 6) is 3.27. The molecule has 1 aliphatic rings. The molecule has 156 valence electrons. The molecule has 0 radical (unpaired) electrons. The first kappa shape index (κ1) is 20.8. The van der Waals surface area contributed by atoms with Crippen LogP contribution in [0.4, 0.5) is 5.69 Å². The number of para-hydroxylation sites is 2. The highest BCUT2D eigenvalue weighted by molar-refractivity contribution is 5.79. The topological polar surface area (TPSA) is 58.1 Å². The average Bonchev–Trinajstić information content (AvgIpc) is 3.25. The van der Waals surface area contributed by atoms with Crippen molar-refractivity contribution >= 4 is 11.6 Å². The molecule has 1 saturated heterocycles. The van der Waals surface area contributed by atoms with Gasteiger partial charge in [-0.05, 0) is 48.6 Å². The molecule has 0 spiro atoms. The largest absolute Gasteiger partial charge is 0.497 e. The van der Waals surface area contributed by atoms with Gasteiger partial charge in [0.15, 0.2) is 5.96 Å². The van der Waals surface area contributed by atoms with Gasteiger partial charge >= 0.3 is 0 Å². The van der Waals surface area contributed by atoms with E-state index in [9.17, 15) is 0 Å². The molecule has 1 aliphatic heterocycles. The number of benzene rings is 2. The van der Waals surface area contributed by atoms with E-state index in [1.165, 1.54) is 11.3 Å². The van der Waals surface area contributed by atoms with Crippen LogP contribution >= 0.6 is 0 Å². The molecule has 0 amide bonds. The van der Waals surface area contributed by atoms with Gasteiger partial charge in [0.2, 0.25) is 0 Å². The zero-order chi connectivity index (χ0) is 20.5. The number of methoxy groups -OCH3 is 2. The fraction of sp³-hybridized carbons (Fsp3) is 0.435.